The van der Waals surface area contributed by atoms with Crippen molar-refractivity contribution in [3.63, 3.8) is 0 Å². The SMILES string of the molecule is CCNC(=S)NC(CS(C)(=O)=O)C(=O)NCC#N.COc1ccc(NC(=S)NC(CSC)C(=O)NCC#N)cc1. The number of hydrogen-bond acceptors (Lipinski definition) is 10. The molecule has 40 heavy (non-hydrogen) atoms. The van der Waals surface area contributed by atoms with Gasteiger partial charge < -0.3 is 36.6 Å². The van der Waals surface area contributed by atoms with E-state index in [-0.39, 0.29) is 24.1 Å². The number of methoxy groups -OCH3 is 1. The molecular weight excluding hydrogens is 597 g/mol. The number of hydrogen-bond donors (Lipinski definition) is 6. The van der Waals surface area contributed by atoms with Crippen LogP contribution in [0.5, 0.6) is 5.75 Å². The molecule has 2 unspecified atom stereocenters. The van der Waals surface area contributed by atoms with Crippen LogP contribution < -0.4 is 36.6 Å². The standard InChI is InChI=1S/C14H18N4O2S2.C9H16N4O3S2/c1-20-11-5-3-10(4-6-11)17-14(21)18-12(9-22-2)13(19)16-8-7-15;1-3-11-9(17)13-7(6-18(2,15)16)8(14)12-5-4-10/h3-6,12H,8-9H2,1-2H3,(H,16,19)(H2,17,18,21);7H,3,5-6H2,1-2H3,(H,12,14)(H2,11,13,17). The molecule has 0 heterocycles. The summed E-state index contributed by atoms with van der Waals surface area (Å²) in [6.07, 6.45) is 2.92. The Morgan fingerprint density at radius 3 is 1.95 bits per heavy atom. The molecule has 0 saturated carbocycles. The minimum absolute atomic E-state index is 0.0237. The predicted molar refractivity (Wildman–Crippen MR) is 165 cm³/mol. The van der Waals surface area contributed by atoms with Gasteiger partial charge in [0, 0.05) is 24.2 Å². The van der Waals surface area contributed by atoms with E-state index in [1.807, 2.05) is 43.5 Å². The third-order valence-electron chi connectivity index (χ3n) is 4.41. The lowest BCUT2D eigenvalue weighted by molar-refractivity contribution is -0.122. The summed E-state index contributed by atoms with van der Waals surface area (Å²) in [5.41, 5.74) is 0.790. The third kappa shape index (κ3) is 17.3. The number of thiocarbonyl (C=S) groups is 2. The van der Waals surface area contributed by atoms with E-state index < -0.39 is 33.6 Å². The maximum absolute atomic E-state index is 11.9. The number of nitriles is 2. The molecule has 0 saturated heterocycles. The minimum atomic E-state index is -3.35. The number of nitrogens with zero attached hydrogens (tertiary/aromatic N) is 2. The van der Waals surface area contributed by atoms with Gasteiger partial charge in [0.1, 0.15) is 40.8 Å². The van der Waals surface area contributed by atoms with Gasteiger partial charge >= 0.3 is 0 Å². The topological polar surface area (TPSA) is 197 Å². The summed E-state index contributed by atoms with van der Waals surface area (Å²) >= 11 is 11.6. The first-order valence-corrected chi connectivity index (χ1v) is 15.9. The number of nitrogens with one attached hydrogen (secondary N) is 6. The Kier molecular flexibility index (Phi) is 18.8. The highest BCUT2D eigenvalue weighted by atomic mass is 32.2. The van der Waals surface area contributed by atoms with Gasteiger partial charge in [-0.3, -0.25) is 9.59 Å². The lowest BCUT2D eigenvalue weighted by atomic mass is 10.3. The van der Waals surface area contributed by atoms with Gasteiger partial charge in [-0.15, -0.1) is 0 Å². The average molecular weight is 631 g/mol. The molecule has 1 aromatic carbocycles. The highest BCUT2D eigenvalue weighted by Crippen LogP contribution is 2.14. The van der Waals surface area contributed by atoms with Crippen LogP contribution in [0.4, 0.5) is 5.69 Å². The molecule has 220 valence electrons. The zero-order chi connectivity index (χ0) is 30.6. The van der Waals surface area contributed by atoms with Crippen molar-refractivity contribution in [2.45, 2.75) is 19.0 Å². The Bertz CT molecular complexity index is 1170. The second-order valence-electron chi connectivity index (χ2n) is 7.74. The van der Waals surface area contributed by atoms with Crippen LogP contribution in [0, 0.1) is 22.7 Å². The Morgan fingerprint density at radius 1 is 0.975 bits per heavy atom. The quantitative estimate of drug-likeness (QED) is 0.125. The van der Waals surface area contributed by atoms with Crippen molar-refractivity contribution in [3.05, 3.63) is 24.3 Å². The van der Waals surface area contributed by atoms with Crippen LogP contribution in [-0.4, -0.2) is 93.3 Å². The molecule has 0 fully saturated rings. The van der Waals surface area contributed by atoms with E-state index in [0.717, 1.165) is 17.7 Å². The molecule has 0 aliphatic rings. The van der Waals surface area contributed by atoms with Crippen molar-refractivity contribution in [1.29, 1.82) is 10.5 Å². The van der Waals surface area contributed by atoms with E-state index in [4.69, 9.17) is 39.7 Å². The maximum Gasteiger partial charge on any atom is 0.244 e. The molecule has 0 aliphatic heterocycles. The lowest BCUT2D eigenvalue weighted by Crippen LogP contribution is -2.52. The minimum Gasteiger partial charge on any atom is -0.497 e. The Balaban J connectivity index is 0.000000778. The molecule has 6 N–H and O–H groups in total. The van der Waals surface area contributed by atoms with E-state index in [9.17, 15) is 18.0 Å². The van der Waals surface area contributed by atoms with Gasteiger partial charge in [-0.2, -0.15) is 22.3 Å². The molecular formula is C23H34N8O5S4. The summed E-state index contributed by atoms with van der Waals surface area (Å²) in [5.74, 6) is 0.0647. The predicted octanol–water partition coefficient (Wildman–Crippen LogP) is -0.124. The second kappa shape index (κ2) is 20.5. The van der Waals surface area contributed by atoms with E-state index in [2.05, 4.69) is 31.9 Å². The molecule has 1 rings (SSSR count). The number of thioether (sulfide) groups is 1. The number of anilines is 1. The normalized spacial score (nSPS) is 11.4. The van der Waals surface area contributed by atoms with E-state index in [1.165, 1.54) is 11.8 Å². The number of carbonyl (C=O) groups is 2. The first kappa shape index (κ1) is 36.6. The highest BCUT2D eigenvalue weighted by Gasteiger charge is 2.23. The summed E-state index contributed by atoms with van der Waals surface area (Å²) in [6, 6.07) is 9.37. The van der Waals surface area contributed by atoms with E-state index in [1.54, 1.807) is 13.2 Å². The fraction of sp³-hybridized carbons (Fsp3) is 0.478. The van der Waals surface area contributed by atoms with Crippen molar-refractivity contribution >= 4 is 73.8 Å². The maximum atomic E-state index is 11.9. The van der Waals surface area contributed by atoms with Crippen LogP contribution in [0.1, 0.15) is 6.92 Å². The van der Waals surface area contributed by atoms with Gasteiger partial charge in [0.15, 0.2) is 10.2 Å². The van der Waals surface area contributed by atoms with Crippen molar-refractivity contribution in [2.75, 3.05) is 56.1 Å². The molecule has 0 bridgehead atoms. The third-order valence-corrected chi connectivity index (χ3v) is 6.50. The van der Waals surface area contributed by atoms with Crippen LogP contribution in [0.25, 0.3) is 0 Å². The molecule has 17 heteroatoms. The number of rotatable bonds is 13. The number of amides is 2. The van der Waals surface area contributed by atoms with E-state index in [0.29, 0.717) is 17.4 Å². The van der Waals surface area contributed by atoms with Gasteiger partial charge in [0.05, 0.1) is 25.0 Å². The monoisotopic (exact) mass is 630 g/mol. The molecule has 13 nitrogen and oxygen atoms in total. The molecule has 2 amide bonds. The summed E-state index contributed by atoms with van der Waals surface area (Å²) in [4.78, 5) is 23.6. The van der Waals surface area contributed by atoms with Crippen molar-refractivity contribution in [1.82, 2.24) is 26.6 Å². The molecule has 0 radical (unpaired) electrons. The molecule has 2 atom stereocenters. The number of benzene rings is 1. The van der Waals surface area contributed by atoms with Gasteiger partial charge in [-0.05, 0) is 61.9 Å². The van der Waals surface area contributed by atoms with Crippen molar-refractivity contribution in [3.8, 4) is 17.9 Å². The van der Waals surface area contributed by atoms with Crippen LogP contribution in [0.15, 0.2) is 24.3 Å². The van der Waals surface area contributed by atoms with Gasteiger partial charge in [-0.1, -0.05) is 0 Å². The number of ether oxygens (including phenoxy) is 1. The number of carbonyl (C=O) groups excluding carboxylic acids is 2. The first-order chi connectivity index (χ1) is 18.9. The van der Waals surface area contributed by atoms with Crippen molar-refractivity contribution in [2.24, 2.45) is 0 Å². The zero-order valence-electron chi connectivity index (χ0n) is 22.6. The second-order valence-corrected chi connectivity index (χ2v) is 11.6. The first-order valence-electron chi connectivity index (χ1n) is 11.6. The van der Waals surface area contributed by atoms with E-state index >= 15 is 0 Å². The highest BCUT2D eigenvalue weighted by molar-refractivity contribution is 7.98. The Morgan fingerprint density at radius 2 is 1.50 bits per heavy atom. The summed E-state index contributed by atoms with van der Waals surface area (Å²) in [6.45, 7) is 2.16. The molecule has 1 aromatic rings. The molecule has 0 aromatic heterocycles. The Labute approximate surface area is 250 Å². The summed E-state index contributed by atoms with van der Waals surface area (Å²) in [7, 11) is -1.75. The fourth-order valence-electron chi connectivity index (χ4n) is 2.70. The van der Waals surface area contributed by atoms with Gasteiger partial charge in [0.2, 0.25) is 11.8 Å². The summed E-state index contributed by atoms with van der Waals surface area (Å²) in [5, 5.41) is 33.5. The van der Waals surface area contributed by atoms with Crippen molar-refractivity contribution < 1.29 is 22.7 Å². The van der Waals surface area contributed by atoms with Crippen LogP contribution in [-0.2, 0) is 19.4 Å². The van der Waals surface area contributed by atoms with Gasteiger partial charge in [0.25, 0.3) is 0 Å². The van der Waals surface area contributed by atoms with Gasteiger partial charge in [-0.25, -0.2) is 8.42 Å². The number of sulfone groups is 1. The zero-order valence-corrected chi connectivity index (χ0v) is 25.8. The lowest BCUT2D eigenvalue weighted by Gasteiger charge is -2.19. The van der Waals surface area contributed by atoms with Crippen LogP contribution in [0.2, 0.25) is 0 Å². The van der Waals surface area contributed by atoms with Crippen LogP contribution >= 0.6 is 36.2 Å². The average Bonchev–Trinajstić information content (AvgIpc) is 2.89. The van der Waals surface area contributed by atoms with Crippen LogP contribution in [0.3, 0.4) is 0 Å². The summed E-state index contributed by atoms with van der Waals surface area (Å²) < 4.78 is 27.5. The largest absolute Gasteiger partial charge is 0.497 e. The fourth-order valence-corrected chi connectivity index (χ4v) is 4.66. The molecule has 0 aliphatic carbocycles. The molecule has 0 spiro atoms. The smallest absolute Gasteiger partial charge is 0.244 e. The Hall–Kier alpha value is -3.38.